The van der Waals surface area contributed by atoms with E-state index < -0.39 is 17.7 Å². The van der Waals surface area contributed by atoms with Crippen molar-refractivity contribution in [3.05, 3.63) is 58.1 Å². The average molecular weight is 473 g/mol. The van der Waals surface area contributed by atoms with E-state index in [0.717, 1.165) is 0 Å². The summed E-state index contributed by atoms with van der Waals surface area (Å²) in [5.41, 5.74) is 1.83. The number of nitrogens with zero attached hydrogens (tertiary/aromatic N) is 1. The fourth-order valence-electron chi connectivity index (χ4n) is 3.63. The van der Waals surface area contributed by atoms with Gasteiger partial charge in [0.15, 0.2) is 12.4 Å². The number of aromatic hydroxyl groups is 1. The second-order valence-corrected chi connectivity index (χ2v) is 7.51. The lowest BCUT2D eigenvalue weighted by Gasteiger charge is -2.17. The van der Waals surface area contributed by atoms with Gasteiger partial charge >= 0.3 is 5.97 Å². The number of ether oxygens (including phenoxy) is 2. The highest BCUT2D eigenvalue weighted by molar-refractivity contribution is 7.78. The van der Waals surface area contributed by atoms with E-state index in [9.17, 15) is 24.3 Å². The van der Waals surface area contributed by atoms with Crippen LogP contribution in [0.25, 0.3) is 0 Å². The van der Waals surface area contributed by atoms with Crippen LogP contribution in [0.2, 0.25) is 0 Å². The third-order valence-corrected chi connectivity index (χ3v) is 5.43. The van der Waals surface area contributed by atoms with Gasteiger partial charge < -0.3 is 19.5 Å². The molecule has 1 heterocycles. The molecule has 174 valence electrons. The molecule has 0 unspecified atom stereocenters. The van der Waals surface area contributed by atoms with Gasteiger partial charge in [0.05, 0.1) is 18.7 Å². The lowest BCUT2D eigenvalue weighted by Crippen LogP contribution is -2.30. The molecule has 2 aromatic carbocycles. The van der Waals surface area contributed by atoms with Crippen molar-refractivity contribution in [1.29, 1.82) is 0 Å². The Morgan fingerprint density at radius 3 is 2.61 bits per heavy atom. The molecule has 0 aliphatic carbocycles. The molecule has 1 aliphatic rings. The number of benzene rings is 2. The van der Waals surface area contributed by atoms with E-state index in [1.807, 2.05) is 0 Å². The van der Waals surface area contributed by atoms with E-state index >= 15 is 0 Å². The molecule has 0 atom stereocenters. The molecule has 0 aromatic heterocycles. The molecule has 0 radical (unpaired) electrons. The van der Waals surface area contributed by atoms with Crippen molar-refractivity contribution in [2.24, 2.45) is 0 Å². The minimum absolute atomic E-state index is 0.0502. The van der Waals surface area contributed by atoms with Gasteiger partial charge in [-0.05, 0) is 49.2 Å². The predicted molar refractivity (Wildman–Crippen MR) is 122 cm³/mol. The SMILES string of the molecule is CCOC(=O)COc1ccc(C(=O)CN2Cc3cc(C(=O)NS)ccc3C2=O)c(O)c1CC. The lowest BCUT2D eigenvalue weighted by atomic mass is 10.0. The summed E-state index contributed by atoms with van der Waals surface area (Å²) in [6, 6.07) is 7.56. The van der Waals surface area contributed by atoms with Gasteiger partial charge in [0.25, 0.3) is 11.8 Å². The molecule has 10 heteroatoms. The maximum atomic E-state index is 12.9. The number of carbonyl (C=O) groups is 4. The molecule has 0 fully saturated rings. The summed E-state index contributed by atoms with van der Waals surface area (Å²) >= 11 is 3.74. The van der Waals surface area contributed by atoms with Crippen LogP contribution < -0.4 is 9.46 Å². The molecule has 2 aromatic rings. The van der Waals surface area contributed by atoms with Crippen LogP contribution in [0.1, 0.15) is 56.0 Å². The number of phenols is 1. The van der Waals surface area contributed by atoms with Crippen LogP contribution >= 0.6 is 12.8 Å². The molecule has 0 spiro atoms. The predicted octanol–water partition coefficient (Wildman–Crippen LogP) is 2.31. The fraction of sp³-hybridized carbons (Fsp3) is 0.304. The number of nitrogens with one attached hydrogen (secondary N) is 1. The van der Waals surface area contributed by atoms with Gasteiger partial charge in [-0.25, -0.2) is 4.79 Å². The second kappa shape index (κ2) is 10.4. The van der Waals surface area contributed by atoms with E-state index in [1.54, 1.807) is 26.0 Å². The van der Waals surface area contributed by atoms with Crippen LogP contribution in [0, 0.1) is 0 Å². The van der Waals surface area contributed by atoms with Crippen LogP contribution in [0.5, 0.6) is 11.5 Å². The monoisotopic (exact) mass is 472 g/mol. The third kappa shape index (κ3) is 5.11. The molecule has 33 heavy (non-hydrogen) atoms. The highest BCUT2D eigenvalue weighted by Crippen LogP contribution is 2.33. The Labute approximate surface area is 196 Å². The van der Waals surface area contributed by atoms with Gasteiger partial charge in [-0.15, -0.1) is 0 Å². The number of fused-ring (bicyclic) bond motifs is 1. The Bertz CT molecular complexity index is 1120. The Balaban J connectivity index is 1.75. The molecule has 0 bridgehead atoms. The minimum atomic E-state index is -0.540. The maximum Gasteiger partial charge on any atom is 0.344 e. The van der Waals surface area contributed by atoms with Gasteiger partial charge in [-0.1, -0.05) is 19.7 Å². The van der Waals surface area contributed by atoms with Crippen LogP contribution in [-0.4, -0.2) is 53.3 Å². The topological polar surface area (TPSA) is 122 Å². The fourth-order valence-corrected chi connectivity index (χ4v) is 3.76. The zero-order valence-corrected chi connectivity index (χ0v) is 19.1. The average Bonchev–Trinajstić information content (AvgIpc) is 3.11. The Morgan fingerprint density at radius 1 is 1.18 bits per heavy atom. The lowest BCUT2D eigenvalue weighted by molar-refractivity contribution is -0.145. The molecule has 1 aliphatic heterocycles. The highest BCUT2D eigenvalue weighted by Gasteiger charge is 2.30. The number of esters is 1. The van der Waals surface area contributed by atoms with E-state index in [-0.39, 0.29) is 49.3 Å². The van der Waals surface area contributed by atoms with Crippen LogP contribution in [-0.2, 0) is 22.5 Å². The van der Waals surface area contributed by atoms with Gasteiger partial charge in [0.1, 0.15) is 11.5 Å². The largest absolute Gasteiger partial charge is 0.507 e. The molecule has 2 N–H and O–H groups in total. The molecule has 0 saturated carbocycles. The number of carbonyl (C=O) groups excluding carboxylic acids is 4. The van der Waals surface area contributed by atoms with Crippen LogP contribution in [0.15, 0.2) is 30.3 Å². The molecular formula is C23H24N2O7S. The Kier molecular flexibility index (Phi) is 7.59. The first-order valence-corrected chi connectivity index (χ1v) is 10.8. The van der Waals surface area contributed by atoms with Crippen molar-refractivity contribution in [1.82, 2.24) is 9.62 Å². The number of rotatable bonds is 9. The number of ketones is 1. The van der Waals surface area contributed by atoms with E-state index in [4.69, 9.17) is 9.47 Å². The normalized spacial score (nSPS) is 12.3. The number of hydrogen-bond acceptors (Lipinski definition) is 8. The van der Waals surface area contributed by atoms with Crippen LogP contribution in [0.4, 0.5) is 0 Å². The van der Waals surface area contributed by atoms with E-state index in [0.29, 0.717) is 28.7 Å². The summed E-state index contributed by atoms with van der Waals surface area (Å²) in [7, 11) is 0. The van der Waals surface area contributed by atoms with Crippen molar-refractivity contribution >= 4 is 36.4 Å². The van der Waals surface area contributed by atoms with Crippen LogP contribution in [0.3, 0.4) is 0 Å². The summed E-state index contributed by atoms with van der Waals surface area (Å²) in [6.45, 7) is 3.28. The van der Waals surface area contributed by atoms with Gasteiger partial charge in [-0.3, -0.25) is 19.1 Å². The van der Waals surface area contributed by atoms with Gasteiger partial charge in [-0.2, -0.15) is 0 Å². The zero-order valence-electron chi connectivity index (χ0n) is 18.2. The maximum absolute atomic E-state index is 12.9. The Morgan fingerprint density at radius 2 is 1.94 bits per heavy atom. The highest BCUT2D eigenvalue weighted by atomic mass is 32.1. The van der Waals surface area contributed by atoms with E-state index in [1.165, 1.54) is 23.1 Å². The van der Waals surface area contributed by atoms with Crippen molar-refractivity contribution in [3.8, 4) is 11.5 Å². The summed E-state index contributed by atoms with van der Waals surface area (Å²) < 4.78 is 12.5. The third-order valence-electron chi connectivity index (χ3n) is 5.23. The Hall–Kier alpha value is -3.53. The van der Waals surface area contributed by atoms with Gasteiger partial charge in [0, 0.05) is 23.2 Å². The minimum Gasteiger partial charge on any atom is -0.507 e. The molecular weight excluding hydrogens is 448 g/mol. The molecule has 3 rings (SSSR count). The quantitative estimate of drug-likeness (QED) is 0.291. The summed E-state index contributed by atoms with van der Waals surface area (Å²) in [4.78, 5) is 50.3. The standard InChI is InChI=1S/C23H24N2O7S/c1-3-15-19(32-12-20(27)31-4-2)8-7-17(21(15)28)18(26)11-25-10-14-9-13(22(29)24-33)5-6-16(14)23(25)30/h5-9,28,33H,3-4,10-12H2,1-2H3,(H,24,29). The second-order valence-electron chi connectivity index (χ2n) is 7.28. The summed E-state index contributed by atoms with van der Waals surface area (Å²) in [6.07, 6.45) is 0.356. The van der Waals surface area contributed by atoms with Crippen molar-refractivity contribution in [2.45, 2.75) is 26.8 Å². The molecule has 2 amide bonds. The first kappa shape index (κ1) is 24.1. The van der Waals surface area contributed by atoms with E-state index in [2.05, 4.69) is 17.5 Å². The first-order valence-electron chi connectivity index (χ1n) is 10.3. The molecule has 0 saturated heterocycles. The summed E-state index contributed by atoms with van der Waals surface area (Å²) in [5.74, 6) is -1.69. The smallest absolute Gasteiger partial charge is 0.344 e. The van der Waals surface area contributed by atoms with Crippen molar-refractivity contribution in [3.63, 3.8) is 0 Å². The first-order chi connectivity index (χ1) is 15.8. The summed E-state index contributed by atoms with van der Waals surface area (Å²) in [5, 5.41) is 10.7. The number of thiol groups is 1. The van der Waals surface area contributed by atoms with Gasteiger partial charge in [0.2, 0.25) is 0 Å². The number of Topliss-reactive ketones (excluding diaryl/α,β-unsaturated/α-hetero) is 1. The van der Waals surface area contributed by atoms with Crippen molar-refractivity contribution in [2.75, 3.05) is 19.8 Å². The number of amides is 2. The number of phenolic OH excluding ortho intramolecular Hbond substituents is 1. The molecule has 9 nitrogen and oxygen atoms in total. The van der Waals surface area contributed by atoms with Crippen molar-refractivity contribution < 1.29 is 33.8 Å². The number of hydrogen-bond donors (Lipinski definition) is 3. The zero-order chi connectivity index (χ0) is 24.1.